The summed E-state index contributed by atoms with van der Waals surface area (Å²) in [4.78, 5) is 11.7. The Bertz CT molecular complexity index is 215. The predicted octanol–water partition coefficient (Wildman–Crippen LogP) is 0.920. The van der Waals surface area contributed by atoms with Gasteiger partial charge in [0.05, 0.1) is 12.6 Å². The van der Waals surface area contributed by atoms with Gasteiger partial charge in [0.1, 0.15) is 0 Å². The Morgan fingerprint density at radius 3 is 2.64 bits per heavy atom. The minimum absolute atomic E-state index is 0.0381. The van der Waals surface area contributed by atoms with E-state index in [2.05, 4.69) is 5.32 Å². The fourth-order valence-electron chi connectivity index (χ4n) is 2.78. The van der Waals surface area contributed by atoms with Crippen molar-refractivity contribution < 1.29 is 9.90 Å². The Kier molecular flexibility index (Phi) is 2.77. The molecule has 3 heteroatoms. The summed E-state index contributed by atoms with van der Waals surface area (Å²) in [7, 11) is 0. The van der Waals surface area contributed by atoms with Crippen molar-refractivity contribution in [3.05, 3.63) is 0 Å². The van der Waals surface area contributed by atoms with Crippen LogP contribution in [0.15, 0.2) is 0 Å². The molecule has 0 aromatic rings. The van der Waals surface area contributed by atoms with Crippen LogP contribution in [0.5, 0.6) is 0 Å². The van der Waals surface area contributed by atoms with Crippen LogP contribution in [-0.4, -0.2) is 23.7 Å². The van der Waals surface area contributed by atoms with E-state index < -0.39 is 0 Å². The van der Waals surface area contributed by atoms with Gasteiger partial charge in [-0.05, 0) is 31.1 Å². The number of nitrogens with one attached hydrogen (secondary N) is 1. The van der Waals surface area contributed by atoms with Crippen molar-refractivity contribution in [1.29, 1.82) is 0 Å². The first-order valence-corrected chi connectivity index (χ1v) is 5.69. The van der Waals surface area contributed by atoms with Gasteiger partial charge < -0.3 is 10.4 Å². The zero-order chi connectivity index (χ0) is 10.1. The van der Waals surface area contributed by atoms with Crippen molar-refractivity contribution in [2.45, 2.75) is 38.6 Å². The van der Waals surface area contributed by atoms with E-state index in [1.807, 2.05) is 6.92 Å². The van der Waals surface area contributed by atoms with E-state index in [-0.39, 0.29) is 24.5 Å². The molecule has 2 aliphatic carbocycles. The molecule has 0 heterocycles. The van der Waals surface area contributed by atoms with Gasteiger partial charge in [-0.2, -0.15) is 0 Å². The Morgan fingerprint density at radius 1 is 1.50 bits per heavy atom. The molecule has 0 aromatic heterocycles. The van der Waals surface area contributed by atoms with E-state index in [4.69, 9.17) is 5.11 Å². The average molecular weight is 197 g/mol. The molecule has 0 spiro atoms. The largest absolute Gasteiger partial charge is 0.394 e. The summed E-state index contributed by atoms with van der Waals surface area (Å²) in [6, 6.07) is -0.0381. The van der Waals surface area contributed by atoms with Gasteiger partial charge in [-0.3, -0.25) is 4.79 Å². The lowest BCUT2D eigenvalue weighted by atomic mass is 10.1. The number of fused-ring (bicyclic) bond motifs is 1. The summed E-state index contributed by atoms with van der Waals surface area (Å²) in [5.41, 5.74) is 0. The molecule has 14 heavy (non-hydrogen) atoms. The molecule has 2 unspecified atom stereocenters. The molecular formula is C11H19NO2. The first-order valence-electron chi connectivity index (χ1n) is 5.69. The molecule has 0 bridgehead atoms. The zero-order valence-electron chi connectivity index (χ0n) is 8.70. The van der Waals surface area contributed by atoms with Crippen molar-refractivity contribution in [1.82, 2.24) is 5.32 Å². The molecule has 2 saturated carbocycles. The second-order valence-corrected chi connectivity index (χ2v) is 4.58. The highest BCUT2D eigenvalue weighted by molar-refractivity contribution is 5.82. The van der Waals surface area contributed by atoms with Crippen molar-refractivity contribution >= 4 is 5.91 Å². The number of hydrogen-bond acceptors (Lipinski definition) is 2. The highest BCUT2D eigenvalue weighted by atomic mass is 16.3. The van der Waals surface area contributed by atoms with Crippen LogP contribution in [0.2, 0.25) is 0 Å². The number of amides is 1. The first-order chi connectivity index (χ1) is 6.77. The van der Waals surface area contributed by atoms with Gasteiger partial charge in [-0.15, -0.1) is 0 Å². The third kappa shape index (κ3) is 1.65. The van der Waals surface area contributed by atoms with Crippen molar-refractivity contribution in [2.24, 2.45) is 17.8 Å². The fourth-order valence-corrected chi connectivity index (χ4v) is 2.78. The van der Waals surface area contributed by atoms with Gasteiger partial charge in [-0.25, -0.2) is 0 Å². The second kappa shape index (κ2) is 3.89. The fraction of sp³-hybridized carbons (Fsp3) is 0.909. The summed E-state index contributed by atoms with van der Waals surface area (Å²) in [5.74, 6) is 1.81. The smallest absolute Gasteiger partial charge is 0.223 e. The standard InChI is InChI=1S/C11H19NO2/c1-2-7(6-13)12-11(14)10-8-4-3-5-9(8)10/h7-10,13H,2-6H2,1H3,(H,12,14)/t7-,8?,9?,10?/m1/s1. The molecule has 0 aliphatic heterocycles. The molecule has 1 amide bonds. The molecule has 3 atom stereocenters. The molecule has 2 rings (SSSR count). The third-order valence-corrected chi connectivity index (χ3v) is 3.77. The van der Waals surface area contributed by atoms with Crippen LogP contribution in [0, 0.1) is 17.8 Å². The molecular weight excluding hydrogens is 178 g/mol. The predicted molar refractivity (Wildman–Crippen MR) is 53.6 cm³/mol. The maximum absolute atomic E-state index is 11.7. The Balaban J connectivity index is 1.79. The van der Waals surface area contributed by atoms with Crippen LogP contribution in [0.25, 0.3) is 0 Å². The second-order valence-electron chi connectivity index (χ2n) is 4.58. The maximum Gasteiger partial charge on any atom is 0.223 e. The lowest BCUT2D eigenvalue weighted by Gasteiger charge is -2.14. The third-order valence-electron chi connectivity index (χ3n) is 3.77. The lowest BCUT2D eigenvalue weighted by Crippen LogP contribution is -2.38. The van der Waals surface area contributed by atoms with Crippen LogP contribution in [-0.2, 0) is 4.79 Å². The highest BCUT2D eigenvalue weighted by Gasteiger charge is 2.56. The molecule has 80 valence electrons. The maximum atomic E-state index is 11.7. The van der Waals surface area contributed by atoms with E-state index in [9.17, 15) is 4.79 Å². The number of aliphatic hydroxyl groups is 1. The highest BCUT2D eigenvalue weighted by Crippen LogP contribution is 2.57. The van der Waals surface area contributed by atoms with Gasteiger partial charge in [0.15, 0.2) is 0 Å². The summed E-state index contributed by atoms with van der Waals surface area (Å²) in [6.45, 7) is 2.04. The summed E-state index contributed by atoms with van der Waals surface area (Å²) in [6.07, 6.45) is 4.58. The lowest BCUT2D eigenvalue weighted by molar-refractivity contribution is -0.124. The number of carbonyl (C=O) groups is 1. The van der Waals surface area contributed by atoms with Crippen molar-refractivity contribution in [3.63, 3.8) is 0 Å². The Hall–Kier alpha value is -0.570. The topological polar surface area (TPSA) is 49.3 Å². The van der Waals surface area contributed by atoms with Crippen LogP contribution >= 0.6 is 0 Å². The minimum atomic E-state index is -0.0381. The molecule has 0 aromatic carbocycles. The van der Waals surface area contributed by atoms with Crippen molar-refractivity contribution in [2.75, 3.05) is 6.61 Å². The first kappa shape index (κ1) is 9.97. The van der Waals surface area contributed by atoms with E-state index in [1.165, 1.54) is 19.3 Å². The molecule has 2 N–H and O–H groups in total. The van der Waals surface area contributed by atoms with Gasteiger partial charge in [0.25, 0.3) is 0 Å². The van der Waals surface area contributed by atoms with Crippen LogP contribution < -0.4 is 5.32 Å². The summed E-state index contributed by atoms with van der Waals surface area (Å²) >= 11 is 0. The van der Waals surface area contributed by atoms with Crippen LogP contribution in [0.4, 0.5) is 0 Å². The Morgan fingerprint density at radius 2 is 2.14 bits per heavy atom. The number of aliphatic hydroxyl groups excluding tert-OH is 1. The normalized spacial score (nSPS) is 36.3. The number of rotatable bonds is 4. The molecule has 0 saturated heterocycles. The average Bonchev–Trinajstić information content (AvgIpc) is 2.69. The van der Waals surface area contributed by atoms with E-state index in [0.717, 1.165) is 6.42 Å². The zero-order valence-corrected chi connectivity index (χ0v) is 8.70. The van der Waals surface area contributed by atoms with Gasteiger partial charge in [-0.1, -0.05) is 13.3 Å². The minimum Gasteiger partial charge on any atom is -0.394 e. The molecule has 3 nitrogen and oxygen atoms in total. The van der Waals surface area contributed by atoms with E-state index in [1.54, 1.807) is 0 Å². The van der Waals surface area contributed by atoms with Crippen LogP contribution in [0.3, 0.4) is 0 Å². The quantitative estimate of drug-likeness (QED) is 0.704. The van der Waals surface area contributed by atoms with Crippen LogP contribution in [0.1, 0.15) is 32.6 Å². The summed E-state index contributed by atoms with van der Waals surface area (Å²) in [5, 5.41) is 11.9. The van der Waals surface area contributed by atoms with Gasteiger partial charge >= 0.3 is 0 Å². The van der Waals surface area contributed by atoms with Gasteiger partial charge in [0, 0.05) is 5.92 Å². The molecule has 2 fully saturated rings. The van der Waals surface area contributed by atoms with Crippen molar-refractivity contribution in [3.8, 4) is 0 Å². The molecule has 0 radical (unpaired) electrons. The monoisotopic (exact) mass is 197 g/mol. The summed E-state index contributed by atoms with van der Waals surface area (Å²) < 4.78 is 0. The van der Waals surface area contributed by atoms with Gasteiger partial charge in [0.2, 0.25) is 5.91 Å². The van der Waals surface area contributed by atoms with E-state index >= 15 is 0 Å². The Labute approximate surface area is 84.9 Å². The molecule has 2 aliphatic rings. The number of carbonyl (C=O) groups excluding carboxylic acids is 1. The SMILES string of the molecule is CC[C@H](CO)NC(=O)C1C2CCCC21. The van der Waals surface area contributed by atoms with E-state index in [0.29, 0.717) is 11.8 Å². The number of hydrogen-bond donors (Lipinski definition) is 2.